The average molecular weight is 380 g/mol. The highest BCUT2D eigenvalue weighted by Gasteiger charge is 2.28. The van der Waals surface area contributed by atoms with Gasteiger partial charge in [-0.05, 0) is 49.7 Å². The Morgan fingerprint density at radius 2 is 2.07 bits per heavy atom. The fourth-order valence-corrected chi connectivity index (χ4v) is 4.89. The predicted octanol–water partition coefficient (Wildman–Crippen LogP) is 4.12. The fourth-order valence-electron chi connectivity index (χ4n) is 3.88. The molecule has 1 aromatic heterocycles. The third kappa shape index (κ3) is 3.31. The van der Waals surface area contributed by atoms with Crippen LogP contribution in [-0.4, -0.2) is 35.5 Å². The minimum Gasteiger partial charge on any atom is -0.454 e. The van der Waals surface area contributed by atoms with E-state index in [2.05, 4.69) is 17.0 Å². The highest BCUT2D eigenvalue weighted by Crippen LogP contribution is 2.34. The zero-order valence-corrected chi connectivity index (χ0v) is 15.7. The van der Waals surface area contributed by atoms with Crippen molar-refractivity contribution in [2.24, 2.45) is 5.92 Å². The molecule has 5 nitrogen and oxygen atoms in total. The number of aromatic nitrogens is 1. The zero-order valence-electron chi connectivity index (χ0n) is 14.9. The second-order valence-electron chi connectivity index (χ2n) is 7.08. The number of carbonyl (C=O) groups excluding carboxylic acids is 1. The van der Waals surface area contributed by atoms with E-state index < -0.39 is 0 Å². The van der Waals surface area contributed by atoms with Gasteiger partial charge in [-0.15, -0.1) is 11.3 Å². The lowest BCUT2D eigenvalue weighted by molar-refractivity contribution is 0.0811. The summed E-state index contributed by atoms with van der Waals surface area (Å²) >= 11 is 1.74. The van der Waals surface area contributed by atoms with E-state index in [0.717, 1.165) is 43.0 Å². The Bertz CT molecular complexity index is 967. The van der Waals surface area contributed by atoms with Crippen LogP contribution in [0.5, 0.6) is 11.5 Å². The maximum atomic E-state index is 13.0. The van der Waals surface area contributed by atoms with Crippen LogP contribution in [0.25, 0.3) is 10.2 Å². The van der Waals surface area contributed by atoms with E-state index in [1.165, 1.54) is 4.70 Å². The molecule has 0 aliphatic carbocycles. The predicted molar refractivity (Wildman–Crippen MR) is 105 cm³/mol. The van der Waals surface area contributed by atoms with E-state index in [9.17, 15) is 4.79 Å². The number of hydrogen-bond donors (Lipinski definition) is 0. The molecule has 2 aliphatic heterocycles. The summed E-state index contributed by atoms with van der Waals surface area (Å²) in [5.74, 6) is 1.60. The number of likely N-dealkylation sites (tertiary alicyclic amines) is 1. The van der Waals surface area contributed by atoms with Gasteiger partial charge in [0.1, 0.15) is 5.01 Å². The Kier molecular flexibility index (Phi) is 4.30. The van der Waals surface area contributed by atoms with E-state index in [4.69, 9.17) is 14.5 Å². The van der Waals surface area contributed by atoms with Crippen molar-refractivity contribution in [3.05, 3.63) is 53.0 Å². The number of benzene rings is 2. The molecule has 0 spiro atoms. The molecule has 2 aliphatic rings. The van der Waals surface area contributed by atoms with Gasteiger partial charge in [-0.1, -0.05) is 12.1 Å². The van der Waals surface area contributed by atoms with Gasteiger partial charge in [0.25, 0.3) is 0 Å². The molecule has 27 heavy (non-hydrogen) atoms. The Morgan fingerprint density at radius 1 is 1.19 bits per heavy atom. The van der Waals surface area contributed by atoms with Gasteiger partial charge in [0.15, 0.2) is 17.3 Å². The van der Waals surface area contributed by atoms with Crippen molar-refractivity contribution < 1.29 is 14.3 Å². The van der Waals surface area contributed by atoms with E-state index in [0.29, 0.717) is 17.1 Å². The summed E-state index contributed by atoms with van der Waals surface area (Å²) in [6, 6.07) is 13.7. The molecular weight excluding hydrogens is 360 g/mol. The Labute approximate surface area is 161 Å². The molecule has 5 rings (SSSR count). The van der Waals surface area contributed by atoms with Gasteiger partial charge < -0.3 is 9.47 Å². The molecule has 1 atom stereocenters. The van der Waals surface area contributed by atoms with Crippen LogP contribution >= 0.6 is 11.3 Å². The number of piperidine rings is 1. The van der Waals surface area contributed by atoms with Crippen molar-refractivity contribution >= 4 is 27.3 Å². The minimum absolute atomic E-state index is 0.0218. The topological polar surface area (TPSA) is 51.7 Å². The molecule has 3 aromatic rings. The summed E-state index contributed by atoms with van der Waals surface area (Å²) in [7, 11) is 0. The van der Waals surface area contributed by atoms with Gasteiger partial charge >= 0.3 is 0 Å². The molecule has 0 N–H and O–H groups in total. The highest BCUT2D eigenvalue weighted by atomic mass is 32.1. The Morgan fingerprint density at radius 3 is 3.00 bits per heavy atom. The van der Waals surface area contributed by atoms with E-state index in [1.54, 1.807) is 11.3 Å². The number of rotatable bonds is 4. The lowest BCUT2D eigenvalue weighted by atomic mass is 9.90. The Hall–Kier alpha value is -2.44. The number of para-hydroxylation sites is 1. The SMILES string of the molecule is O=C(c1ccc2c(c1)OCO2)[C@H]1CCCN(Cc2nc3ccccc3s2)C1. The molecule has 1 fully saturated rings. The maximum Gasteiger partial charge on any atom is 0.231 e. The van der Waals surface area contributed by atoms with E-state index >= 15 is 0 Å². The van der Waals surface area contributed by atoms with Crippen LogP contribution < -0.4 is 9.47 Å². The van der Waals surface area contributed by atoms with Crippen LogP contribution in [0, 0.1) is 5.92 Å². The zero-order chi connectivity index (χ0) is 18.2. The first-order chi connectivity index (χ1) is 13.3. The van der Waals surface area contributed by atoms with Gasteiger partial charge in [0.2, 0.25) is 6.79 Å². The lowest BCUT2D eigenvalue weighted by Gasteiger charge is -2.31. The first kappa shape index (κ1) is 16.7. The molecule has 0 saturated carbocycles. The number of carbonyl (C=O) groups is 1. The van der Waals surface area contributed by atoms with Gasteiger partial charge in [-0.2, -0.15) is 0 Å². The number of ether oxygens (including phenoxy) is 2. The second kappa shape index (κ2) is 6.94. The van der Waals surface area contributed by atoms with Gasteiger partial charge in [-0.3, -0.25) is 9.69 Å². The van der Waals surface area contributed by atoms with Crippen molar-refractivity contribution in [2.45, 2.75) is 19.4 Å². The minimum atomic E-state index is 0.0218. The molecule has 2 aromatic carbocycles. The first-order valence-corrected chi connectivity index (χ1v) is 10.1. The van der Waals surface area contributed by atoms with Crippen molar-refractivity contribution in [3.8, 4) is 11.5 Å². The van der Waals surface area contributed by atoms with Crippen LogP contribution in [0.4, 0.5) is 0 Å². The number of nitrogens with zero attached hydrogens (tertiary/aromatic N) is 2. The molecule has 0 bridgehead atoms. The summed E-state index contributed by atoms with van der Waals surface area (Å²) < 4.78 is 12.0. The quantitative estimate of drug-likeness (QED) is 0.637. The third-order valence-corrected chi connectivity index (χ3v) is 6.25. The third-order valence-electron chi connectivity index (χ3n) is 5.23. The van der Waals surface area contributed by atoms with Crippen LogP contribution in [0.1, 0.15) is 28.2 Å². The van der Waals surface area contributed by atoms with Crippen LogP contribution in [0.2, 0.25) is 0 Å². The number of thiazole rings is 1. The molecular formula is C21H20N2O3S. The van der Waals surface area contributed by atoms with Crippen molar-refractivity contribution in [1.82, 2.24) is 9.88 Å². The second-order valence-corrected chi connectivity index (χ2v) is 8.20. The average Bonchev–Trinajstić information content (AvgIpc) is 3.33. The normalized spacial score (nSPS) is 19.5. The standard InChI is InChI=1S/C21H20N2O3S/c24-21(14-7-8-17-18(10-14)26-13-25-17)15-4-3-9-23(11-15)12-20-22-16-5-1-2-6-19(16)27-20/h1-2,5-8,10,15H,3-4,9,11-13H2/t15-/m0/s1. The summed E-state index contributed by atoms with van der Waals surface area (Å²) in [6.07, 6.45) is 1.97. The summed E-state index contributed by atoms with van der Waals surface area (Å²) in [5.41, 5.74) is 1.77. The van der Waals surface area contributed by atoms with Crippen molar-refractivity contribution in [1.29, 1.82) is 0 Å². The molecule has 0 amide bonds. The molecule has 6 heteroatoms. The maximum absolute atomic E-state index is 13.0. The molecule has 0 unspecified atom stereocenters. The summed E-state index contributed by atoms with van der Waals surface area (Å²) in [4.78, 5) is 20.1. The fraction of sp³-hybridized carbons (Fsp3) is 0.333. The lowest BCUT2D eigenvalue weighted by Crippen LogP contribution is -2.38. The van der Waals surface area contributed by atoms with Gasteiger partial charge in [0, 0.05) is 18.0 Å². The smallest absolute Gasteiger partial charge is 0.231 e. The van der Waals surface area contributed by atoms with Crippen molar-refractivity contribution in [2.75, 3.05) is 19.9 Å². The highest BCUT2D eigenvalue weighted by molar-refractivity contribution is 7.18. The van der Waals surface area contributed by atoms with E-state index in [-0.39, 0.29) is 18.5 Å². The molecule has 1 saturated heterocycles. The van der Waals surface area contributed by atoms with Gasteiger partial charge in [0.05, 0.1) is 16.8 Å². The van der Waals surface area contributed by atoms with Crippen LogP contribution in [-0.2, 0) is 6.54 Å². The van der Waals surface area contributed by atoms with Crippen molar-refractivity contribution in [3.63, 3.8) is 0 Å². The molecule has 3 heterocycles. The largest absolute Gasteiger partial charge is 0.454 e. The first-order valence-electron chi connectivity index (χ1n) is 9.27. The van der Waals surface area contributed by atoms with Gasteiger partial charge in [-0.25, -0.2) is 4.98 Å². The monoisotopic (exact) mass is 380 g/mol. The molecule has 0 radical (unpaired) electrons. The summed E-state index contributed by atoms with van der Waals surface area (Å²) in [6.45, 7) is 2.83. The Balaban J connectivity index is 1.29. The number of fused-ring (bicyclic) bond motifs is 2. The number of hydrogen-bond acceptors (Lipinski definition) is 6. The van der Waals surface area contributed by atoms with Crippen LogP contribution in [0.15, 0.2) is 42.5 Å². The number of Topliss-reactive ketones (excluding diaryl/α,β-unsaturated/α-hetero) is 1. The summed E-state index contributed by atoms with van der Waals surface area (Å²) in [5, 5.41) is 1.12. The number of ketones is 1. The van der Waals surface area contributed by atoms with Crippen LogP contribution in [0.3, 0.4) is 0 Å². The molecule has 138 valence electrons. The van der Waals surface area contributed by atoms with E-state index in [1.807, 2.05) is 30.3 Å².